The van der Waals surface area contributed by atoms with Crippen LogP contribution >= 0.6 is 0 Å². The van der Waals surface area contributed by atoms with Gasteiger partial charge in [0.05, 0.1) is 12.6 Å². The zero-order chi connectivity index (χ0) is 13.0. The van der Waals surface area contributed by atoms with Crippen molar-refractivity contribution in [1.82, 2.24) is 9.78 Å². The smallest absolute Gasteiger partial charge is 0.240 e. The van der Waals surface area contributed by atoms with Gasteiger partial charge in [0.25, 0.3) is 0 Å². The molecule has 0 radical (unpaired) electrons. The third-order valence-electron chi connectivity index (χ3n) is 2.54. The number of rotatable bonds is 4. The molecule has 0 bridgehead atoms. The zero-order valence-electron chi connectivity index (χ0n) is 10.2. The first-order valence-electron chi connectivity index (χ1n) is 5.78. The Labute approximate surface area is 106 Å². The number of amides is 1. The summed E-state index contributed by atoms with van der Waals surface area (Å²) in [6.07, 6.45) is 3.66. The number of anilines is 1. The van der Waals surface area contributed by atoms with Crippen LogP contribution in [0.2, 0.25) is 0 Å². The molecule has 0 aliphatic heterocycles. The van der Waals surface area contributed by atoms with E-state index in [1.807, 2.05) is 41.2 Å². The summed E-state index contributed by atoms with van der Waals surface area (Å²) < 4.78 is 1.84. The minimum atomic E-state index is -0.506. The van der Waals surface area contributed by atoms with Gasteiger partial charge in [0.15, 0.2) is 0 Å². The quantitative estimate of drug-likeness (QED) is 0.849. The Balaban J connectivity index is 1.99. The molecule has 1 amide bonds. The van der Waals surface area contributed by atoms with E-state index >= 15 is 0 Å². The third-order valence-corrected chi connectivity index (χ3v) is 2.54. The van der Waals surface area contributed by atoms with Gasteiger partial charge in [-0.05, 0) is 30.7 Å². The second kappa shape index (κ2) is 5.46. The molecule has 2 rings (SSSR count). The largest absolute Gasteiger partial charge is 0.325 e. The molecule has 1 aromatic carbocycles. The molecule has 18 heavy (non-hydrogen) atoms. The Morgan fingerprint density at radius 3 is 2.72 bits per heavy atom. The van der Waals surface area contributed by atoms with E-state index in [4.69, 9.17) is 5.73 Å². The molecular weight excluding hydrogens is 228 g/mol. The van der Waals surface area contributed by atoms with Crippen molar-refractivity contribution in [3.63, 3.8) is 0 Å². The van der Waals surface area contributed by atoms with Crippen LogP contribution in [0, 0.1) is 0 Å². The second-order valence-corrected chi connectivity index (χ2v) is 4.18. The van der Waals surface area contributed by atoms with Crippen LogP contribution in [0.5, 0.6) is 0 Å². The van der Waals surface area contributed by atoms with Crippen LogP contribution in [0.15, 0.2) is 42.7 Å². The van der Waals surface area contributed by atoms with Gasteiger partial charge in [0, 0.05) is 18.1 Å². The van der Waals surface area contributed by atoms with Crippen molar-refractivity contribution in [2.24, 2.45) is 5.73 Å². The lowest BCUT2D eigenvalue weighted by Gasteiger charge is -2.08. The Kier molecular flexibility index (Phi) is 3.74. The fourth-order valence-electron chi connectivity index (χ4n) is 1.53. The van der Waals surface area contributed by atoms with E-state index in [9.17, 15) is 4.79 Å². The number of aromatic nitrogens is 2. The van der Waals surface area contributed by atoms with Gasteiger partial charge in [-0.2, -0.15) is 5.10 Å². The van der Waals surface area contributed by atoms with Crippen molar-refractivity contribution in [3.05, 3.63) is 48.3 Å². The summed E-state index contributed by atoms with van der Waals surface area (Å²) in [7, 11) is 0. The first-order valence-corrected chi connectivity index (χ1v) is 5.78. The van der Waals surface area contributed by atoms with Gasteiger partial charge in [0.2, 0.25) is 5.91 Å². The molecule has 0 saturated carbocycles. The summed E-state index contributed by atoms with van der Waals surface area (Å²) in [5.41, 5.74) is 7.35. The van der Waals surface area contributed by atoms with E-state index in [0.29, 0.717) is 6.54 Å². The molecule has 1 heterocycles. The van der Waals surface area contributed by atoms with E-state index in [-0.39, 0.29) is 5.91 Å². The predicted octanol–water partition coefficient (Wildman–Crippen LogP) is 1.22. The van der Waals surface area contributed by atoms with Crippen molar-refractivity contribution in [3.8, 4) is 0 Å². The van der Waals surface area contributed by atoms with Gasteiger partial charge in [-0.25, -0.2) is 0 Å². The second-order valence-electron chi connectivity index (χ2n) is 4.18. The summed E-state index contributed by atoms with van der Waals surface area (Å²) in [5, 5.41) is 6.88. The molecule has 5 heteroatoms. The number of carbonyl (C=O) groups is 1. The normalized spacial score (nSPS) is 12.1. The molecule has 0 aliphatic rings. The number of carbonyl (C=O) groups excluding carboxylic acids is 1. The molecule has 3 N–H and O–H groups in total. The van der Waals surface area contributed by atoms with E-state index in [2.05, 4.69) is 10.4 Å². The molecule has 0 aliphatic carbocycles. The Hall–Kier alpha value is -2.14. The summed E-state index contributed by atoms with van der Waals surface area (Å²) in [6, 6.07) is 9.01. The SMILES string of the molecule is C[C@H](N)C(=O)Nc1ccc(Cn2cccn2)cc1. The maximum absolute atomic E-state index is 11.4. The average molecular weight is 244 g/mol. The Morgan fingerprint density at radius 2 is 2.17 bits per heavy atom. The molecule has 1 atom stereocenters. The number of nitrogens with one attached hydrogen (secondary N) is 1. The van der Waals surface area contributed by atoms with Crippen LogP contribution in [0.1, 0.15) is 12.5 Å². The molecular formula is C13H16N4O. The number of hydrogen-bond acceptors (Lipinski definition) is 3. The lowest BCUT2D eigenvalue weighted by molar-refractivity contribution is -0.117. The summed E-state index contributed by atoms with van der Waals surface area (Å²) in [4.78, 5) is 11.4. The highest BCUT2D eigenvalue weighted by molar-refractivity contribution is 5.94. The monoisotopic (exact) mass is 244 g/mol. The van der Waals surface area contributed by atoms with Gasteiger partial charge >= 0.3 is 0 Å². The standard InChI is InChI=1S/C13H16N4O/c1-10(14)13(18)16-12-5-3-11(4-6-12)9-17-8-2-7-15-17/h2-8,10H,9,14H2,1H3,(H,16,18)/t10-/m0/s1. The van der Waals surface area contributed by atoms with E-state index < -0.39 is 6.04 Å². The molecule has 0 fully saturated rings. The summed E-state index contributed by atoms with van der Waals surface area (Å²) in [5.74, 6) is -0.185. The Morgan fingerprint density at radius 1 is 1.44 bits per heavy atom. The van der Waals surface area contributed by atoms with Crippen molar-refractivity contribution in [2.45, 2.75) is 19.5 Å². The molecule has 0 saturated heterocycles. The van der Waals surface area contributed by atoms with Crippen LogP contribution in [-0.4, -0.2) is 21.7 Å². The highest BCUT2D eigenvalue weighted by Gasteiger charge is 2.06. The van der Waals surface area contributed by atoms with Gasteiger partial charge in [-0.15, -0.1) is 0 Å². The minimum Gasteiger partial charge on any atom is -0.325 e. The fourth-order valence-corrected chi connectivity index (χ4v) is 1.53. The lowest BCUT2D eigenvalue weighted by Crippen LogP contribution is -2.32. The summed E-state index contributed by atoms with van der Waals surface area (Å²) in [6.45, 7) is 2.37. The summed E-state index contributed by atoms with van der Waals surface area (Å²) >= 11 is 0. The van der Waals surface area contributed by atoms with Crippen LogP contribution in [-0.2, 0) is 11.3 Å². The first kappa shape index (κ1) is 12.3. The minimum absolute atomic E-state index is 0.185. The molecule has 5 nitrogen and oxygen atoms in total. The van der Waals surface area contributed by atoms with E-state index in [1.165, 1.54) is 0 Å². The van der Waals surface area contributed by atoms with Crippen LogP contribution in [0.25, 0.3) is 0 Å². The topological polar surface area (TPSA) is 72.9 Å². The van der Waals surface area contributed by atoms with Gasteiger partial charge in [-0.1, -0.05) is 12.1 Å². The number of hydrogen-bond donors (Lipinski definition) is 2. The third kappa shape index (κ3) is 3.18. The van der Waals surface area contributed by atoms with Crippen molar-refractivity contribution in [2.75, 3.05) is 5.32 Å². The zero-order valence-corrected chi connectivity index (χ0v) is 10.2. The maximum Gasteiger partial charge on any atom is 0.240 e. The number of nitrogens with two attached hydrogens (primary N) is 1. The molecule has 94 valence electrons. The van der Waals surface area contributed by atoms with Crippen LogP contribution in [0.4, 0.5) is 5.69 Å². The van der Waals surface area contributed by atoms with Crippen molar-refractivity contribution in [1.29, 1.82) is 0 Å². The molecule has 0 unspecified atom stereocenters. The lowest BCUT2D eigenvalue weighted by atomic mass is 10.2. The fraction of sp³-hybridized carbons (Fsp3) is 0.231. The highest BCUT2D eigenvalue weighted by Crippen LogP contribution is 2.10. The van der Waals surface area contributed by atoms with E-state index in [0.717, 1.165) is 11.3 Å². The molecule has 1 aromatic heterocycles. The Bertz CT molecular complexity index is 502. The van der Waals surface area contributed by atoms with Crippen LogP contribution < -0.4 is 11.1 Å². The number of benzene rings is 1. The predicted molar refractivity (Wildman–Crippen MR) is 70.1 cm³/mol. The van der Waals surface area contributed by atoms with Crippen LogP contribution in [0.3, 0.4) is 0 Å². The van der Waals surface area contributed by atoms with Crippen molar-refractivity contribution >= 4 is 11.6 Å². The molecule has 0 spiro atoms. The number of nitrogens with zero attached hydrogens (tertiary/aromatic N) is 2. The molecule has 2 aromatic rings. The van der Waals surface area contributed by atoms with Gasteiger partial charge in [-0.3, -0.25) is 9.48 Å². The van der Waals surface area contributed by atoms with Gasteiger partial charge in [0.1, 0.15) is 0 Å². The van der Waals surface area contributed by atoms with Crippen molar-refractivity contribution < 1.29 is 4.79 Å². The average Bonchev–Trinajstić information content (AvgIpc) is 2.84. The maximum atomic E-state index is 11.4. The van der Waals surface area contributed by atoms with E-state index in [1.54, 1.807) is 13.1 Å². The highest BCUT2D eigenvalue weighted by atomic mass is 16.2. The van der Waals surface area contributed by atoms with Gasteiger partial charge < -0.3 is 11.1 Å². The first-order chi connectivity index (χ1) is 8.65.